The minimum Gasteiger partial charge on any atom is -0.461 e. The van der Waals surface area contributed by atoms with Gasteiger partial charge >= 0.3 is 6.01 Å². The smallest absolute Gasteiger partial charge is 0.323 e. The van der Waals surface area contributed by atoms with E-state index in [1.807, 2.05) is 27.7 Å². The van der Waals surface area contributed by atoms with Gasteiger partial charge in [0, 0.05) is 0 Å². The largest absolute Gasteiger partial charge is 0.461 e. The third kappa shape index (κ3) is 4.17. The van der Waals surface area contributed by atoms with Crippen LogP contribution in [0.4, 0.5) is 11.9 Å². The molecule has 1 aromatic rings. The van der Waals surface area contributed by atoms with Crippen LogP contribution in [0.15, 0.2) is 0 Å². The molecule has 20 heavy (non-hydrogen) atoms. The number of aliphatic hydroxyl groups is 1. The number of aromatic nitrogens is 3. The maximum atomic E-state index is 9.57. The zero-order valence-corrected chi connectivity index (χ0v) is 12.5. The lowest BCUT2D eigenvalue weighted by Gasteiger charge is -2.30. The zero-order chi connectivity index (χ0) is 15.2. The Hall–Kier alpha value is -1.67. The molecule has 1 rings (SSSR count). The van der Waals surface area contributed by atoms with Crippen LogP contribution in [-0.4, -0.2) is 38.3 Å². The molecule has 0 fully saturated rings. The Morgan fingerprint density at radius 2 is 1.80 bits per heavy atom. The van der Waals surface area contributed by atoms with Crippen molar-refractivity contribution in [1.82, 2.24) is 15.0 Å². The van der Waals surface area contributed by atoms with Gasteiger partial charge in [0.05, 0.1) is 18.2 Å². The van der Waals surface area contributed by atoms with E-state index in [2.05, 4.69) is 25.7 Å². The molecular weight excluding hydrogens is 260 g/mol. The van der Waals surface area contributed by atoms with Crippen molar-refractivity contribution in [1.29, 1.82) is 0 Å². The molecule has 0 aromatic carbocycles. The van der Waals surface area contributed by atoms with Gasteiger partial charge in [-0.05, 0) is 26.7 Å². The molecule has 0 amide bonds. The maximum Gasteiger partial charge on any atom is 0.323 e. The highest BCUT2D eigenvalue weighted by atomic mass is 16.5. The Morgan fingerprint density at radius 3 is 2.25 bits per heavy atom. The summed E-state index contributed by atoms with van der Waals surface area (Å²) in [7, 11) is 0. The highest BCUT2D eigenvalue weighted by Crippen LogP contribution is 2.21. The monoisotopic (exact) mass is 284 g/mol. The second-order valence-electron chi connectivity index (χ2n) is 4.85. The summed E-state index contributed by atoms with van der Waals surface area (Å²) in [5, 5.41) is 12.7. The highest BCUT2D eigenvalue weighted by Gasteiger charge is 2.26. The average Bonchev–Trinajstić information content (AvgIpc) is 2.44. The second-order valence-corrected chi connectivity index (χ2v) is 4.85. The number of hydrogen-bond acceptors (Lipinski definition) is 8. The summed E-state index contributed by atoms with van der Waals surface area (Å²) in [6, 6.07) is 0.185. The molecule has 0 aliphatic heterocycles. The fourth-order valence-electron chi connectivity index (χ4n) is 1.67. The van der Waals surface area contributed by atoms with E-state index in [0.29, 0.717) is 5.95 Å². The number of rotatable bonds is 8. The number of hydrazine groups is 1. The van der Waals surface area contributed by atoms with Gasteiger partial charge in [0.25, 0.3) is 0 Å². The number of nitrogens with zero attached hydrogens (tertiary/aromatic N) is 3. The van der Waals surface area contributed by atoms with Crippen molar-refractivity contribution >= 4 is 11.9 Å². The summed E-state index contributed by atoms with van der Waals surface area (Å²) >= 11 is 0. The van der Waals surface area contributed by atoms with Crippen LogP contribution in [-0.2, 0) is 0 Å². The Morgan fingerprint density at radius 1 is 1.20 bits per heavy atom. The Labute approximate surface area is 119 Å². The Balaban J connectivity index is 3.04. The molecule has 0 atom stereocenters. The maximum absolute atomic E-state index is 9.57. The van der Waals surface area contributed by atoms with E-state index in [-0.39, 0.29) is 24.7 Å². The standard InChI is InChI=1S/C12H24N6O2/c1-5-12(6-2,7-19)17-9-14-10(18-13)16-11(15-9)20-8(3)4/h8,19H,5-7,13H2,1-4H3,(H2,14,15,16,17,18). The molecule has 0 radical (unpaired) electrons. The molecule has 0 saturated carbocycles. The van der Waals surface area contributed by atoms with Gasteiger partial charge in [0.15, 0.2) is 0 Å². The third-order valence-corrected chi connectivity index (χ3v) is 3.12. The molecule has 114 valence electrons. The molecule has 0 saturated heterocycles. The lowest BCUT2D eigenvalue weighted by molar-refractivity contribution is 0.200. The quantitative estimate of drug-likeness (QED) is 0.411. The van der Waals surface area contributed by atoms with Crippen LogP contribution in [0, 0.1) is 0 Å². The molecule has 1 heterocycles. The number of anilines is 2. The van der Waals surface area contributed by atoms with Crippen molar-refractivity contribution in [2.24, 2.45) is 5.84 Å². The molecule has 8 heteroatoms. The summed E-state index contributed by atoms with van der Waals surface area (Å²) in [6.07, 6.45) is 1.41. The summed E-state index contributed by atoms with van der Waals surface area (Å²) in [5.74, 6) is 5.87. The predicted octanol–water partition coefficient (Wildman–Crippen LogP) is 0.907. The highest BCUT2D eigenvalue weighted by molar-refractivity contribution is 5.37. The first-order valence-electron chi connectivity index (χ1n) is 6.77. The minimum atomic E-state index is -0.470. The molecule has 5 N–H and O–H groups in total. The van der Waals surface area contributed by atoms with Gasteiger partial charge < -0.3 is 15.2 Å². The van der Waals surface area contributed by atoms with Crippen molar-refractivity contribution in [3.8, 4) is 6.01 Å². The third-order valence-electron chi connectivity index (χ3n) is 3.12. The van der Waals surface area contributed by atoms with Gasteiger partial charge in [0.1, 0.15) is 0 Å². The van der Waals surface area contributed by atoms with Crippen molar-refractivity contribution in [3.63, 3.8) is 0 Å². The number of nitrogens with two attached hydrogens (primary N) is 1. The number of ether oxygens (including phenoxy) is 1. The SMILES string of the molecule is CCC(CC)(CO)Nc1nc(NN)nc(OC(C)C)n1. The summed E-state index contributed by atoms with van der Waals surface area (Å²) in [4.78, 5) is 12.3. The van der Waals surface area contributed by atoms with Gasteiger partial charge in [-0.15, -0.1) is 0 Å². The predicted molar refractivity (Wildman–Crippen MR) is 77.4 cm³/mol. The molecule has 8 nitrogen and oxygen atoms in total. The first-order valence-corrected chi connectivity index (χ1v) is 6.77. The summed E-state index contributed by atoms with van der Waals surface area (Å²) < 4.78 is 5.45. The van der Waals surface area contributed by atoms with Crippen molar-refractivity contribution in [3.05, 3.63) is 0 Å². The lowest BCUT2D eigenvalue weighted by Crippen LogP contribution is -2.41. The molecule has 0 aliphatic rings. The van der Waals surface area contributed by atoms with Crippen LogP contribution in [0.25, 0.3) is 0 Å². The fourth-order valence-corrected chi connectivity index (χ4v) is 1.67. The van der Waals surface area contributed by atoms with E-state index in [1.54, 1.807) is 0 Å². The van der Waals surface area contributed by atoms with Crippen LogP contribution >= 0.6 is 0 Å². The number of nitrogen functional groups attached to an aromatic ring is 1. The Kier molecular flexibility index (Phi) is 5.90. The number of hydrogen-bond donors (Lipinski definition) is 4. The normalized spacial score (nSPS) is 11.6. The van der Waals surface area contributed by atoms with Crippen molar-refractivity contribution < 1.29 is 9.84 Å². The molecular formula is C12H24N6O2. The van der Waals surface area contributed by atoms with Crippen LogP contribution in [0.1, 0.15) is 40.5 Å². The van der Waals surface area contributed by atoms with Crippen molar-refractivity contribution in [2.75, 3.05) is 17.3 Å². The fraction of sp³-hybridized carbons (Fsp3) is 0.750. The molecule has 0 spiro atoms. The lowest BCUT2D eigenvalue weighted by atomic mass is 9.94. The number of aliphatic hydroxyl groups excluding tert-OH is 1. The van der Waals surface area contributed by atoms with E-state index >= 15 is 0 Å². The first-order chi connectivity index (χ1) is 9.48. The van der Waals surface area contributed by atoms with E-state index in [0.717, 1.165) is 12.8 Å². The second kappa shape index (κ2) is 7.20. The van der Waals surface area contributed by atoms with Gasteiger partial charge in [-0.25, -0.2) is 5.84 Å². The van der Waals surface area contributed by atoms with Gasteiger partial charge in [-0.1, -0.05) is 13.8 Å². The van der Waals surface area contributed by atoms with Gasteiger partial charge in [-0.3, -0.25) is 5.43 Å². The van der Waals surface area contributed by atoms with E-state index in [4.69, 9.17) is 10.6 Å². The Bertz CT molecular complexity index is 414. The molecule has 0 bridgehead atoms. The molecule has 0 aliphatic carbocycles. The van der Waals surface area contributed by atoms with Gasteiger partial charge in [0.2, 0.25) is 11.9 Å². The summed E-state index contributed by atoms with van der Waals surface area (Å²) in [6.45, 7) is 7.71. The zero-order valence-electron chi connectivity index (χ0n) is 12.5. The number of nitrogens with one attached hydrogen (secondary N) is 2. The van der Waals surface area contributed by atoms with E-state index in [9.17, 15) is 5.11 Å². The van der Waals surface area contributed by atoms with Crippen LogP contribution < -0.4 is 21.3 Å². The van der Waals surface area contributed by atoms with Crippen LogP contribution in [0.5, 0.6) is 6.01 Å². The molecule has 1 aromatic heterocycles. The molecule has 0 unspecified atom stereocenters. The van der Waals surface area contributed by atoms with Crippen molar-refractivity contribution in [2.45, 2.75) is 52.2 Å². The first kappa shape index (κ1) is 16.4. The minimum absolute atomic E-state index is 0.0164. The summed E-state index contributed by atoms with van der Waals surface area (Å²) in [5.41, 5.74) is 1.91. The average molecular weight is 284 g/mol. The van der Waals surface area contributed by atoms with E-state index in [1.165, 1.54) is 0 Å². The van der Waals surface area contributed by atoms with E-state index < -0.39 is 5.54 Å². The van der Waals surface area contributed by atoms with Crippen LogP contribution in [0.3, 0.4) is 0 Å². The van der Waals surface area contributed by atoms with Crippen LogP contribution in [0.2, 0.25) is 0 Å². The van der Waals surface area contributed by atoms with Gasteiger partial charge in [-0.2, -0.15) is 15.0 Å². The topological polar surface area (TPSA) is 118 Å².